The molecule has 0 saturated carbocycles. The van der Waals surface area contributed by atoms with Gasteiger partial charge in [-0.05, 0) is 45.0 Å². The predicted molar refractivity (Wildman–Crippen MR) is 93.3 cm³/mol. The van der Waals surface area contributed by atoms with Crippen molar-refractivity contribution in [2.45, 2.75) is 26.3 Å². The minimum absolute atomic E-state index is 0.133. The highest BCUT2D eigenvalue weighted by atomic mass is 16.5. The first-order valence-electron chi connectivity index (χ1n) is 7.51. The fourth-order valence-corrected chi connectivity index (χ4v) is 2.11. The highest BCUT2D eigenvalue weighted by molar-refractivity contribution is 6.05. The summed E-state index contributed by atoms with van der Waals surface area (Å²) in [6.45, 7) is 6.08. The first-order chi connectivity index (χ1) is 11.3. The van der Waals surface area contributed by atoms with Gasteiger partial charge >= 0.3 is 5.97 Å². The van der Waals surface area contributed by atoms with Gasteiger partial charge in [-0.25, -0.2) is 4.79 Å². The smallest absolute Gasteiger partial charge is 0.337 e. The summed E-state index contributed by atoms with van der Waals surface area (Å²) in [7, 11) is 1.31. The summed E-state index contributed by atoms with van der Waals surface area (Å²) >= 11 is 0. The van der Waals surface area contributed by atoms with Gasteiger partial charge in [0.15, 0.2) is 0 Å². The lowest BCUT2D eigenvalue weighted by atomic mass is 10.1. The monoisotopic (exact) mass is 327 g/mol. The zero-order valence-electron chi connectivity index (χ0n) is 14.2. The average Bonchev–Trinajstić information content (AvgIpc) is 2.53. The molecule has 24 heavy (non-hydrogen) atoms. The van der Waals surface area contributed by atoms with Crippen LogP contribution in [0.5, 0.6) is 0 Å². The summed E-state index contributed by atoms with van der Waals surface area (Å²) in [6, 6.07) is 8.30. The third-order valence-electron chi connectivity index (χ3n) is 3.06. The number of carbonyl (C=O) groups excluding carboxylic acids is 2. The van der Waals surface area contributed by atoms with Crippen molar-refractivity contribution in [1.29, 1.82) is 0 Å². The van der Waals surface area contributed by atoms with E-state index >= 15 is 0 Å². The Morgan fingerprint density at radius 1 is 1.04 bits per heavy atom. The maximum atomic E-state index is 12.4. The molecule has 0 aliphatic rings. The van der Waals surface area contributed by atoms with Crippen molar-refractivity contribution in [3.8, 4) is 0 Å². The third kappa shape index (κ3) is 4.81. The van der Waals surface area contributed by atoms with E-state index in [9.17, 15) is 9.59 Å². The van der Waals surface area contributed by atoms with E-state index in [1.54, 1.807) is 36.5 Å². The number of hydrogen-bond donors (Lipinski definition) is 2. The minimum Gasteiger partial charge on any atom is -0.465 e. The van der Waals surface area contributed by atoms with Gasteiger partial charge < -0.3 is 15.4 Å². The van der Waals surface area contributed by atoms with Crippen molar-refractivity contribution in [2.24, 2.45) is 0 Å². The molecular weight excluding hydrogens is 306 g/mol. The van der Waals surface area contributed by atoms with E-state index in [2.05, 4.69) is 20.4 Å². The summed E-state index contributed by atoms with van der Waals surface area (Å²) in [4.78, 5) is 28.0. The number of ether oxygens (including phenoxy) is 1. The van der Waals surface area contributed by atoms with Crippen LogP contribution in [0.3, 0.4) is 0 Å². The summed E-state index contributed by atoms with van der Waals surface area (Å²) in [6.07, 6.45) is 3.16. The Labute approximate surface area is 141 Å². The van der Waals surface area contributed by atoms with Crippen LogP contribution in [-0.4, -0.2) is 29.5 Å². The van der Waals surface area contributed by atoms with E-state index in [4.69, 9.17) is 0 Å². The van der Waals surface area contributed by atoms with Crippen molar-refractivity contribution in [1.82, 2.24) is 4.98 Å². The third-order valence-corrected chi connectivity index (χ3v) is 3.06. The fraction of sp³-hybridized carbons (Fsp3) is 0.278. The quantitative estimate of drug-likeness (QED) is 0.842. The lowest BCUT2D eigenvalue weighted by Gasteiger charge is -2.22. The Hall–Kier alpha value is -2.89. The predicted octanol–water partition coefficient (Wildman–Crippen LogP) is 3.33. The van der Waals surface area contributed by atoms with Crippen LogP contribution >= 0.6 is 0 Å². The van der Waals surface area contributed by atoms with Crippen LogP contribution in [0.25, 0.3) is 0 Å². The topological polar surface area (TPSA) is 80.3 Å². The van der Waals surface area contributed by atoms with E-state index < -0.39 is 5.97 Å². The Morgan fingerprint density at radius 2 is 1.75 bits per heavy atom. The fourth-order valence-electron chi connectivity index (χ4n) is 2.11. The maximum absolute atomic E-state index is 12.4. The lowest BCUT2D eigenvalue weighted by Crippen LogP contribution is -2.26. The number of rotatable bonds is 4. The molecule has 0 unspecified atom stereocenters. The second kappa shape index (κ2) is 7.12. The number of esters is 1. The van der Waals surface area contributed by atoms with Crippen molar-refractivity contribution in [2.75, 3.05) is 17.7 Å². The average molecular weight is 327 g/mol. The van der Waals surface area contributed by atoms with Gasteiger partial charge in [0.05, 0.1) is 23.9 Å². The van der Waals surface area contributed by atoms with Crippen molar-refractivity contribution < 1.29 is 14.3 Å². The van der Waals surface area contributed by atoms with Crippen LogP contribution in [0, 0.1) is 0 Å². The van der Waals surface area contributed by atoms with Crippen molar-refractivity contribution in [3.05, 3.63) is 53.9 Å². The van der Waals surface area contributed by atoms with Gasteiger partial charge in [0.2, 0.25) is 0 Å². The number of anilines is 2. The molecular formula is C18H21N3O3. The van der Waals surface area contributed by atoms with Gasteiger partial charge in [-0.15, -0.1) is 0 Å². The molecule has 0 saturated heterocycles. The summed E-state index contributed by atoms with van der Waals surface area (Å²) < 4.78 is 4.67. The standard InChI is InChI=1S/C18H21N3O3/c1-18(2,3)21-15-9-13(10-19-11-15)16(22)20-14-7-5-6-12(8-14)17(23)24-4/h5-11,21H,1-4H3,(H,20,22). The molecule has 0 radical (unpaired) electrons. The molecule has 1 aromatic carbocycles. The molecule has 0 aliphatic heterocycles. The Kier molecular flexibility index (Phi) is 5.18. The van der Waals surface area contributed by atoms with Crippen LogP contribution in [0.4, 0.5) is 11.4 Å². The number of hydrogen-bond acceptors (Lipinski definition) is 5. The molecule has 6 heteroatoms. The Morgan fingerprint density at radius 3 is 2.42 bits per heavy atom. The van der Waals surface area contributed by atoms with Gasteiger partial charge in [0.25, 0.3) is 5.91 Å². The number of pyridine rings is 1. The molecule has 0 fully saturated rings. The number of nitrogens with one attached hydrogen (secondary N) is 2. The molecule has 2 rings (SSSR count). The molecule has 6 nitrogen and oxygen atoms in total. The van der Waals surface area contributed by atoms with E-state index in [1.165, 1.54) is 13.3 Å². The van der Waals surface area contributed by atoms with Crippen LogP contribution in [0.1, 0.15) is 41.5 Å². The summed E-state index contributed by atoms with van der Waals surface area (Å²) in [5.74, 6) is -0.758. The zero-order chi connectivity index (χ0) is 17.7. The first kappa shape index (κ1) is 17.5. The van der Waals surface area contributed by atoms with Gasteiger partial charge in [0, 0.05) is 23.6 Å². The zero-order valence-corrected chi connectivity index (χ0v) is 14.2. The minimum atomic E-state index is -0.454. The van der Waals surface area contributed by atoms with E-state index in [-0.39, 0.29) is 11.4 Å². The van der Waals surface area contributed by atoms with E-state index in [1.807, 2.05) is 20.8 Å². The number of aromatic nitrogens is 1. The second-order valence-electron chi connectivity index (χ2n) is 6.36. The molecule has 0 bridgehead atoms. The van der Waals surface area contributed by atoms with Crippen LogP contribution in [0.15, 0.2) is 42.7 Å². The van der Waals surface area contributed by atoms with Gasteiger partial charge in [-0.1, -0.05) is 6.07 Å². The lowest BCUT2D eigenvalue weighted by molar-refractivity contribution is 0.0600. The number of methoxy groups -OCH3 is 1. The van der Waals surface area contributed by atoms with Crippen molar-refractivity contribution >= 4 is 23.3 Å². The second-order valence-corrected chi connectivity index (χ2v) is 6.36. The van der Waals surface area contributed by atoms with Crippen LogP contribution in [0.2, 0.25) is 0 Å². The highest BCUT2D eigenvalue weighted by Crippen LogP contribution is 2.17. The molecule has 1 aromatic heterocycles. The number of benzene rings is 1. The molecule has 1 heterocycles. The molecule has 0 aliphatic carbocycles. The van der Waals surface area contributed by atoms with Gasteiger partial charge in [0.1, 0.15) is 0 Å². The molecule has 1 amide bonds. The van der Waals surface area contributed by atoms with E-state index in [0.717, 1.165) is 5.69 Å². The SMILES string of the molecule is COC(=O)c1cccc(NC(=O)c2cncc(NC(C)(C)C)c2)c1. The number of carbonyl (C=O) groups is 2. The Bertz CT molecular complexity index is 751. The van der Waals surface area contributed by atoms with Crippen LogP contribution < -0.4 is 10.6 Å². The van der Waals surface area contributed by atoms with Crippen LogP contribution in [-0.2, 0) is 4.74 Å². The normalized spacial score (nSPS) is 10.8. The molecule has 2 N–H and O–H groups in total. The van der Waals surface area contributed by atoms with Crippen molar-refractivity contribution in [3.63, 3.8) is 0 Å². The highest BCUT2D eigenvalue weighted by Gasteiger charge is 2.13. The molecule has 0 spiro atoms. The van der Waals surface area contributed by atoms with E-state index in [0.29, 0.717) is 16.8 Å². The summed E-state index contributed by atoms with van der Waals surface area (Å²) in [5, 5.41) is 6.02. The molecule has 2 aromatic rings. The maximum Gasteiger partial charge on any atom is 0.337 e. The summed E-state index contributed by atoms with van der Waals surface area (Å²) in [5.41, 5.74) is 1.94. The molecule has 126 valence electrons. The largest absolute Gasteiger partial charge is 0.465 e. The number of amides is 1. The Balaban J connectivity index is 2.15. The first-order valence-corrected chi connectivity index (χ1v) is 7.51. The van der Waals surface area contributed by atoms with Gasteiger partial charge in [-0.3, -0.25) is 9.78 Å². The molecule has 0 atom stereocenters. The van der Waals surface area contributed by atoms with Gasteiger partial charge in [-0.2, -0.15) is 0 Å². The number of nitrogens with zero attached hydrogens (tertiary/aromatic N) is 1.